The van der Waals surface area contributed by atoms with Crippen LogP contribution in [0.5, 0.6) is 0 Å². The van der Waals surface area contributed by atoms with Gasteiger partial charge in [0.1, 0.15) is 6.34 Å². The fraction of sp³-hybridized carbons (Fsp3) is 0.222. The Hall–Kier alpha value is -1.91. The number of amides is 1. The molecule has 0 aliphatic carbocycles. The van der Waals surface area contributed by atoms with Gasteiger partial charge in [-0.2, -0.15) is 5.10 Å². The van der Waals surface area contributed by atoms with Crippen molar-refractivity contribution < 1.29 is 4.79 Å². The van der Waals surface area contributed by atoms with Crippen LogP contribution in [0.1, 0.15) is 10.4 Å². The predicted molar refractivity (Wildman–Crippen MR) is 53.9 cm³/mol. The summed E-state index contributed by atoms with van der Waals surface area (Å²) in [6.45, 7) is 0. The van der Waals surface area contributed by atoms with Gasteiger partial charge >= 0.3 is 0 Å². The maximum Gasteiger partial charge on any atom is 0.271 e. The zero-order valence-electron chi connectivity index (χ0n) is 8.14. The second kappa shape index (κ2) is 4.96. The standard InChI is InChI=1S/C9H12N4O/c1-13(2)7-11-12-9(14)8-3-5-10-6-4-8/h3-7H,1-2H3,(H,12,14)/b11-7+. The van der Waals surface area contributed by atoms with Crippen molar-refractivity contribution in [2.75, 3.05) is 14.1 Å². The van der Waals surface area contributed by atoms with Gasteiger partial charge in [0, 0.05) is 32.1 Å². The maximum atomic E-state index is 11.4. The van der Waals surface area contributed by atoms with Crippen LogP contribution < -0.4 is 5.43 Å². The largest absolute Gasteiger partial charge is 0.367 e. The molecule has 0 unspecified atom stereocenters. The SMILES string of the molecule is CN(C)/C=N/NC(=O)c1ccncc1. The van der Waals surface area contributed by atoms with Crippen molar-refractivity contribution in [1.82, 2.24) is 15.3 Å². The molecule has 0 fully saturated rings. The zero-order valence-corrected chi connectivity index (χ0v) is 8.14. The van der Waals surface area contributed by atoms with Crippen LogP contribution in [0.3, 0.4) is 0 Å². The molecule has 1 rings (SSSR count). The minimum atomic E-state index is -0.245. The quantitative estimate of drug-likeness (QED) is 0.426. The van der Waals surface area contributed by atoms with Crippen molar-refractivity contribution in [1.29, 1.82) is 0 Å². The summed E-state index contributed by atoms with van der Waals surface area (Å²) in [5.41, 5.74) is 2.93. The average molecular weight is 192 g/mol. The topological polar surface area (TPSA) is 57.6 Å². The molecule has 0 aliphatic heterocycles. The van der Waals surface area contributed by atoms with Crippen LogP contribution in [0.2, 0.25) is 0 Å². The Morgan fingerprint density at radius 1 is 1.50 bits per heavy atom. The van der Waals surface area contributed by atoms with Gasteiger partial charge < -0.3 is 4.90 Å². The minimum absolute atomic E-state index is 0.245. The number of hydrazone groups is 1. The smallest absolute Gasteiger partial charge is 0.271 e. The molecule has 0 spiro atoms. The summed E-state index contributed by atoms with van der Waals surface area (Å²) >= 11 is 0. The number of aromatic nitrogens is 1. The summed E-state index contributed by atoms with van der Waals surface area (Å²) < 4.78 is 0. The van der Waals surface area contributed by atoms with Crippen molar-refractivity contribution in [3.8, 4) is 0 Å². The van der Waals surface area contributed by atoms with E-state index >= 15 is 0 Å². The Bertz CT molecular complexity index is 321. The summed E-state index contributed by atoms with van der Waals surface area (Å²) in [4.78, 5) is 16.9. The minimum Gasteiger partial charge on any atom is -0.367 e. The molecule has 1 aromatic rings. The summed E-state index contributed by atoms with van der Waals surface area (Å²) in [7, 11) is 3.64. The van der Waals surface area contributed by atoms with Crippen LogP contribution in [0.15, 0.2) is 29.6 Å². The molecule has 1 aromatic heterocycles. The molecule has 0 aliphatic rings. The normalized spacial score (nSPS) is 10.1. The molecule has 0 saturated heterocycles. The molecule has 1 heterocycles. The molecule has 5 heteroatoms. The third-order valence-electron chi connectivity index (χ3n) is 1.40. The first-order valence-corrected chi connectivity index (χ1v) is 4.10. The average Bonchev–Trinajstić information content (AvgIpc) is 2.18. The van der Waals surface area contributed by atoms with Gasteiger partial charge in [-0.25, -0.2) is 5.43 Å². The van der Waals surface area contributed by atoms with Crippen molar-refractivity contribution >= 4 is 12.2 Å². The molecule has 14 heavy (non-hydrogen) atoms. The monoisotopic (exact) mass is 192 g/mol. The fourth-order valence-corrected chi connectivity index (χ4v) is 0.771. The van der Waals surface area contributed by atoms with Crippen LogP contribution in [0, 0.1) is 0 Å². The van der Waals surface area contributed by atoms with E-state index in [1.165, 1.54) is 6.34 Å². The van der Waals surface area contributed by atoms with E-state index in [2.05, 4.69) is 15.5 Å². The number of carbonyl (C=O) groups is 1. The van der Waals surface area contributed by atoms with E-state index < -0.39 is 0 Å². The van der Waals surface area contributed by atoms with Crippen LogP contribution in [0.4, 0.5) is 0 Å². The van der Waals surface area contributed by atoms with Crippen LogP contribution >= 0.6 is 0 Å². The molecule has 74 valence electrons. The van der Waals surface area contributed by atoms with Crippen LogP contribution in [0.25, 0.3) is 0 Å². The van der Waals surface area contributed by atoms with E-state index in [1.807, 2.05) is 14.1 Å². The van der Waals surface area contributed by atoms with Crippen LogP contribution in [-0.4, -0.2) is 36.2 Å². The third kappa shape index (κ3) is 3.22. The van der Waals surface area contributed by atoms with Gasteiger partial charge in [-0.15, -0.1) is 0 Å². The number of hydrogen-bond donors (Lipinski definition) is 1. The molecule has 1 N–H and O–H groups in total. The highest BCUT2D eigenvalue weighted by atomic mass is 16.2. The third-order valence-corrected chi connectivity index (χ3v) is 1.40. The van der Waals surface area contributed by atoms with E-state index in [9.17, 15) is 4.79 Å². The lowest BCUT2D eigenvalue weighted by Gasteiger charge is -2.02. The van der Waals surface area contributed by atoms with Gasteiger partial charge in [-0.3, -0.25) is 9.78 Å². The van der Waals surface area contributed by atoms with Gasteiger partial charge in [0.05, 0.1) is 0 Å². The summed E-state index contributed by atoms with van der Waals surface area (Å²) in [6.07, 6.45) is 4.63. The molecular weight excluding hydrogens is 180 g/mol. The number of hydrogen-bond acceptors (Lipinski definition) is 3. The highest BCUT2D eigenvalue weighted by Gasteiger charge is 2.01. The highest BCUT2D eigenvalue weighted by molar-refractivity contribution is 5.94. The summed E-state index contributed by atoms with van der Waals surface area (Å²) in [5, 5.41) is 3.73. The van der Waals surface area contributed by atoms with Crippen molar-refractivity contribution in [3.05, 3.63) is 30.1 Å². The molecule has 5 nitrogen and oxygen atoms in total. The predicted octanol–water partition coefficient (Wildman–Crippen LogP) is 0.316. The second-order valence-corrected chi connectivity index (χ2v) is 2.88. The molecule has 1 amide bonds. The first kappa shape index (κ1) is 10.2. The molecule has 0 atom stereocenters. The Labute approximate surface area is 82.4 Å². The van der Waals surface area contributed by atoms with Gasteiger partial charge in [0.2, 0.25) is 0 Å². The van der Waals surface area contributed by atoms with Crippen molar-refractivity contribution in [2.45, 2.75) is 0 Å². The number of rotatable bonds is 3. The number of nitrogens with one attached hydrogen (secondary N) is 1. The highest BCUT2D eigenvalue weighted by Crippen LogP contribution is 1.94. The maximum absolute atomic E-state index is 11.4. The van der Waals surface area contributed by atoms with Gasteiger partial charge in [-0.05, 0) is 12.1 Å². The lowest BCUT2D eigenvalue weighted by Crippen LogP contribution is -2.20. The first-order valence-electron chi connectivity index (χ1n) is 4.10. The fourth-order valence-electron chi connectivity index (χ4n) is 0.771. The lowest BCUT2D eigenvalue weighted by atomic mass is 10.3. The Kier molecular flexibility index (Phi) is 3.60. The molecule has 0 aromatic carbocycles. The van der Waals surface area contributed by atoms with E-state index in [0.717, 1.165) is 0 Å². The Balaban J connectivity index is 2.52. The second-order valence-electron chi connectivity index (χ2n) is 2.88. The number of carbonyl (C=O) groups excluding carboxylic acids is 1. The Morgan fingerprint density at radius 2 is 2.14 bits per heavy atom. The molecule has 0 saturated carbocycles. The summed E-state index contributed by atoms with van der Waals surface area (Å²) in [6, 6.07) is 3.25. The Morgan fingerprint density at radius 3 is 2.71 bits per heavy atom. The summed E-state index contributed by atoms with van der Waals surface area (Å²) in [5.74, 6) is -0.245. The van der Waals surface area contributed by atoms with Gasteiger partial charge in [0.15, 0.2) is 0 Å². The van der Waals surface area contributed by atoms with Crippen LogP contribution in [-0.2, 0) is 0 Å². The first-order chi connectivity index (χ1) is 6.70. The molecule has 0 bridgehead atoms. The van der Waals surface area contributed by atoms with E-state index in [0.29, 0.717) is 5.56 Å². The van der Waals surface area contributed by atoms with Gasteiger partial charge in [-0.1, -0.05) is 0 Å². The number of nitrogens with zero attached hydrogens (tertiary/aromatic N) is 3. The lowest BCUT2D eigenvalue weighted by molar-refractivity contribution is 0.0954. The molecular formula is C9H12N4O. The van der Waals surface area contributed by atoms with E-state index in [-0.39, 0.29) is 5.91 Å². The van der Waals surface area contributed by atoms with E-state index in [1.54, 1.807) is 29.4 Å². The van der Waals surface area contributed by atoms with Crippen molar-refractivity contribution in [2.24, 2.45) is 5.10 Å². The zero-order chi connectivity index (χ0) is 10.4. The van der Waals surface area contributed by atoms with Crippen molar-refractivity contribution in [3.63, 3.8) is 0 Å². The van der Waals surface area contributed by atoms with E-state index in [4.69, 9.17) is 0 Å². The number of pyridine rings is 1. The van der Waals surface area contributed by atoms with Gasteiger partial charge in [0.25, 0.3) is 5.91 Å². The molecule has 0 radical (unpaired) electrons.